The fraction of sp³-hybridized carbons (Fsp3) is 0.125. The molecule has 3 aromatic heterocycles. The van der Waals surface area contributed by atoms with Gasteiger partial charge in [-0.3, -0.25) is 37.4 Å². The Morgan fingerprint density at radius 3 is 1.39 bits per heavy atom. The number of aryl methyl sites for hydroxylation is 2. The van der Waals surface area contributed by atoms with Gasteiger partial charge in [-0.15, -0.1) is 5.10 Å². The summed E-state index contributed by atoms with van der Waals surface area (Å²) in [5.41, 5.74) is 8.02. The second-order valence-corrected chi connectivity index (χ2v) is 19.3. The number of hydrogen-bond acceptors (Lipinski definition) is 12. The molecular weight excluding hydrogens is 1050 g/mol. The lowest BCUT2D eigenvalue weighted by Crippen LogP contribution is -2.39. The Labute approximate surface area is 473 Å². The van der Waals surface area contributed by atoms with Gasteiger partial charge in [-0.05, 0) is 122 Å². The Bertz CT molecular complexity index is 4510. The highest BCUT2D eigenvalue weighted by atomic mass is 16.5. The Hall–Kier alpha value is -11.3. The lowest BCUT2D eigenvalue weighted by molar-refractivity contribution is 0.0943. The predicted molar refractivity (Wildman–Crippen MR) is 315 cm³/mol. The van der Waals surface area contributed by atoms with Crippen LogP contribution >= 0.6 is 0 Å². The number of methoxy groups -OCH3 is 2. The zero-order valence-electron chi connectivity index (χ0n) is 45.5. The second-order valence-electron chi connectivity index (χ2n) is 19.3. The number of hydrogen-bond donors (Lipinski definition) is 3. The Kier molecular flexibility index (Phi) is 16.2. The highest BCUT2D eigenvalue weighted by Crippen LogP contribution is 2.30. The molecule has 0 saturated carbocycles. The maximum absolute atomic E-state index is 13.6. The van der Waals surface area contributed by atoms with E-state index in [1.807, 2.05) is 140 Å². The molecule has 0 spiro atoms. The molecule has 0 atom stereocenters. The third-order valence-electron chi connectivity index (χ3n) is 14.2. The van der Waals surface area contributed by atoms with Crippen molar-refractivity contribution in [2.75, 3.05) is 14.2 Å². The fourth-order valence-corrected chi connectivity index (χ4v) is 9.64. The lowest BCUT2D eigenvalue weighted by Gasteiger charge is -2.13. The van der Waals surface area contributed by atoms with Gasteiger partial charge in [0.1, 0.15) is 11.5 Å². The molecule has 83 heavy (non-hydrogen) atoms. The van der Waals surface area contributed by atoms with Crippen molar-refractivity contribution in [3.63, 3.8) is 0 Å². The SMILES string of the molecule is COc1ccc(CNC(=O)c2ccc3c(c2)c(=O)n(Cc2ccc(-c4ccccc4-c4nnn[nH]4)cc2)c(=O)n3C)cc1.COc1ccc(CNC(=O)c2ccc3c(c2)c(=O)n(Cc2ccc(-c4ccccc4C#N)cc2)c(=O)n3C)cc1. The quantitative estimate of drug-likeness (QED) is 0.0892. The number of nitrogens with one attached hydrogen (secondary N) is 3. The average molecular weight is 1100 g/mol. The molecule has 0 saturated heterocycles. The molecule has 8 aromatic carbocycles. The van der Waals surface area contributed by atoms with Crippen LogP contribution in [0, 0.1) is 11.3 Å². The highest BCUT2D eigenvalue weighted by Gasteiger charge is 2.18. The Morgan fingerprint density at radius 2 is 0.952 bits per heavy atom. The number of carbonyl (C=O) groups excluding carboxylic acids is 2. The molecule has 3 heterocycles. The molecule has 11 aromatic rings. The molecule has 19 heteroatoms. The van der Waals surface area contributed by atoms with Gasteiger partial charge in [0.05, 0.1) is 60.7 Å². The van der Waals surface area contributed by atoms with Gasteiger partial charge in [-0.2, -0.15) is 5.26 Å². The molecular formula is C64H53N11O8. The first kappa shape index (κ1) is 55.1. The van der Waals surface area contributed by atoms with Gasteiger partial charge in [-0.25, -0.2) is 14.7 Å². The Balaban J connectivity index is 0.000000186. The van der Waals surface area contributed by atoms with Gasteiger partial charge >= 0.3 is 11.4 Å². The van der Waals surface area contributed by atoms with Gasteiger partial charge in [0.2, 0.25) is 0 Å². The van der Waals surface area contributed by atoms with Crippen LogP contribution in [0.25, 0.3) is 55.4 Å². The van der Waals surface area contributed by atoms with Gasteiger partial charge in [-0.1, -0.05) is 115 Å². The Morgan fingerprint density at radius 1 is 0.530 bits per heavy atom. The van der Waals surface area contributed by atoms with Crippen molar-refractivity contribution in [3.8, 4) is 51.2 Å². The van der Waals surface area contributed by atoms with E-state index in [4.69, 9.17) is 9.47 Å². The maximum Gasteiger partial charge on any atom is 0.331 e. The lowest BCUT2D eigenvalue weighted by atomic mass is 9.98. The number of amides is 2. The van der Waals surface area contributed by atoms with Gasteiger partial charge in [0.25, 0.3) is 22.9 Å². The minimum Gasteiger partial charge on any atom is -0.497 e. The van der Waals surface area contributed by atoms with Crippen LogP contribution in [0.1, 0.15) is 48.5 Å². The topological polar surface area (TPSA) is 243 Å². The first-order valence-electron chi connectivity index (χ1n) is 26.1. The molecule has 0 unspecified atom stereocenters. The van der Waals surface area contributed by atoms with E-state index in [-0.39, 0.29) is 35.7 Å². The number of tetrazole rings is 1. The summed E-state index contributed by atoms with van der Waals surface area (Å²) in [6.45, 7) is 0.764. The van der Waals surface area contributed by atoms with Crippen LogP contribution in [-0.4, -0.2) is 64.9 Å². The van der Waals surface area contributed by atoms with Crippen molar-refractivity contribution in [1.29, 1.82) is 5.26 Å². The molecule has 2 amide bonds. The van der Waals surface area contributed by atoms with Crippen LogP contribution in [0.15, 0.2) is 201 Å². The summed E-state index contributed by atoms with van der Waals surface area (Å²) in [6.07, 6.45) is 0. The van der Waals surface area contributed by atoms with E-state index in [1.54, 1.807) is 58.6 Å². The number of aromatic amines is 1. The summed E-state index contributed by atoms with van der Waals surface area (Å²) in [5, 5.41) is 29.9. The van der Waals surface area contributed by atoms with E-state index in [1.165, 1.54) is 30.4 Å². The van der Waals surface area contributed by atoms with E-state index in [0.29, 0.717) is 46.6 Å². The van der Waals surface area contributed by atoms with Crippen molar-refractivity contribution in [3.05, 3.63) is 263 Å². The van der Waals surface area contributed by atoms with Crippen molar-refractivity contribution < 1.29 is 19.1 Å². The summed E-state index contributed by atoms with van der Waals surface area (Å²) in [4.78, 5) is 79.2. The number of fused-ring (bicyclic) bond motifs is 2. The molecule has 0 bridgehead atoms. The largest absolute Gasteiger partial charge is 0.497 e. The smallest absolute Gasteiger partial charge is 0.331 e. The predicted octanol–water partition coefficient (Wildman–Crippen LogP) is 7.76. The molecule has 0 radical (unpaired) electrons. The van der Waals surface area contributed by atoms with Crippen LogP contribution < -0.4 is 42.6 Å². The normalized spacial score (nSPS) is 10.9. The number of ether oxygens (including phenoxy) is 2. The number of carbonyl (C=O) groups is 2. The van der Waals surface area contributed by atoms with Crippen LogP contribution in [0.3, 0.4) is 0 Å². The minimum absolute atomic E-state index is 0.0650. The monoisotopic (exact) mass is 1100 g/mol. The van der Waals surface area contributed by atoms with E-state index >= 15 is 0 Å². The van der Waals surface area contributed by atoms with Crippen molar-refractivity contribution >= 4 is 33.6 Å². The number of benzene rings is 8. The van der Waals surface area contributed by atoms with Crippen LogP contribution in [0.2, 0.25) is 0 Å². The van der Waals surface area contributed by atoms with E-state index in [2.05, 4.69) is 37.3 Å². The maximum atomic E-state index is 13.6. The molecule has 0 aliphatic carbocycles. The fourth-order valence-electron chi connectivity index (χ4n) is 9.64. The van der Waals surface area contributed by atoms with Crippen molar-refractivity contribution in [2.24, 2.45) is 14.1 Å². The molecule has 0 fully saturated rings. The van der Waals surface area contributed by atoms with Crippen molar-refractivity contribution in [1.82, 2.24) is 49.5 Å². The zero-order chi connectivity index (χ0) is 58.1. The van der Waals surface area contributed by atoms with E-state index in [0.717, 1.165) is 61.6 Å². The molecule has 11 rings (SSSR count). The highest BCUT2D eigenvalue weighted by molar-refractivity contribution is 5.98. The summed E-state index contributed by atoms with van der Waals surface area (Å²) in [5.74, 6) is 1.36. The van der Waals surface area contributed by atoms with Crippen molar-refractivity contribution in [2.45, 2.75) is 26.2 Å². The molecule has 0 aliphatic rings. The first-order valence-corrected chi connectivity index (χ1v) is 26.1. The molecule has 3 N–H and O–H groups in total. The van der Waals surface area contributed by atoms with E-state index < -0.39 is 22.5 Å². The second kappa shape index (κ2) is 24.4. The van der Waals surface area contributed by atoms with Gasteiger partial charge in [0, 0.05) is 43.9 Å². The van der Waals surface area contributed by atoms with Crippen LogP contribution in [-0.2, 0) is 40.3 Å². The van der Waals surface area contributed by atoms with Crippen LogP contribution in [0.5, 0.6) is 11.5 Å². The third-order valence-corrected chi connectivity index (χ3v) is 14.2. The number of aromatic nitrogens is 8. The number of rotatable bonds is 15. The molecule has 19 nitrogen and oxygen atoms in total. The summed E-state index contributed by atoms with van der Waals surface area (Å²) < 4.78 is 15.5. The minimum atomic E-state index is -0.471. The number of nitriles is 1. The number of H-pyrrole nitrogens is 1. The summed E-state index contributed by atoms with van der Waals surface area (Å²) in [6, 6.07) is 56.6. The standard InChI is InChI=1S/C32H27N7O4.C32H26N4O4/c1-38-28-16-13-23(30(40)33-18-20-9-14-24(43-2)15-10-20)17-27(28)31(41)39(32(38)42)19-21-7-11-22(12-8-21)25-5-3-4-6-26(25)29-34-36-37-35-29;1-35-29-16-13-24(30(37)34-19-21-9-14-26(40-2)15-10-21)17-28(29)31(38)36(32(35)39)20-22-7-11-23(12-8-22)27-6-4-3-5-25(27)18-33/h3-17H,18-19H2,1-2H3,(H,33,40)(H,34,35,36,37);3-17H,19-20H2,1-2H3,(H,34,37). The van der Waals surface area contributed by atoms with Crippen LogP contribution in [0.4, 0.5) is 0 Å². The number of nitrogens with zero attached hydrogens (tertiary/aromatic N) is 8. The average Bonchev–Trinajstić information content (AvgIpc) is 4.11. The zero-order valence-corrected chi connectivity index (χ0v) is 45.5. The van der Waals surface area contributed by atoms with E-state index in [9.17, 15) is 34.0 Å². The van der Waals surface area contributed by atoms with Gasteiger partial charge < -0.3 is 20.1 Å². The first-order chi connectivity index (χ1) is 40.3. The summed E-state index contributed by atoms with van der Waals surface area (Å²) >= 11 is 0. The van der Waals surface area contributed by atoms with Gasteiger partial charge in [0.15, 0.2) is 5.82 Å². The summed E-state index contributed by atoms with van der Waals surface area (Å²) in [7, 11) is 6.40. The third kappa shape index (κ3) is 11.9. The molecule has 412 valence electrons. The molecule has 0 aliphatic heterocycles.